The predicted molar refractivity (Wildman–Crippen MR) is 84.6 cm³/mol. The molecule has 1 fully saturated rings. The lowest BCUT2D eigenvalue weighted by molar-refractivity contribution is -0.146. The number of amides is 1. The summed E-state index contributed by atoms with van der Waals surface area (Å²) >= 11 is 9.14. The van der Waals surface area contributed by atoms with Gasteiger partial charge < -0.3 is 10.4 Å². The van der Waals surface area contributed by atoms with Crippen LogP contribution in [0.1, 0.15) is 43.0 Å². The van der Waals surface area contributed by atoms with E-state index in [1.807, 2.05) is 6.92 Å². The topological polar surface area (TPSA) is 66.4 Å². The highest BCUT2D eigenvalue weighted by atomic mass is 79.9. The highest BCUT2D eigenvalue weighted by Crippen LogP contribution is 2.33. The normalized spacial score (nSPS) is 25.4. The maximum Gasteiger partial charge on any atom is 0.329 e. The van der Waals surface area contributed by atoms with Gasteiger partial charge in [0, 0.05) is 9.50 Å². The molecule has 4 nitrogen and oxygen atoms in total. The molecule has 0 heterocycles. The van der Waals surface area contributed by atoms with Crippen LogP contribution < -0.4 is 5.32 Å². The molecule has 1 saturated carbocycles. The van der Waals surface area contributed by atoms with Gasteiger partial charge in [0.1, 0.15) is 5.54 Å². The van der Waals surface area contributed by atoms with Gasteiger partial charge in [-0.3, -0.25) is 4.79 Å². The highest BCUT2D eigenvalue weighted by molar-refractivity contribution is 9.10. The molecule has 0 aromatic heterocycles. The van der Waals surface area contributed by atoms with Gasteiger partial charge in [0.25, 0.3) is 5.91 Å². The van der Waals surface area contributed by atoms with Crippen LogP contribution in [0.2, 0.25) is 5.02 Å². The molecule has 114 valence electrons. The molecule has 2 atom stereocenters. The monoisotopic (exact) mass is 373 g/mol. The van der Waals surface area contributed by atoms with Crippen LogP contribution in [0, 0.1) is 5.92 Å². The Morgan fingerprint density at radius 2 is 2.19 bits per heavy atom. The smallest absolute Gasteiger partial charge is 0.329 e. The zero-order valence-electron chi connectivity index (χ0n) is 11.7. The lowest BCUT2D eigenvalue weighted by Crippen LogP contribution is -2.56. The van der Waals surface area contributed by atoms with E-state index >= 15 is 0 Å². The molecule has 1 aromatic rings. The number of hydrogen-bond donors (Lipinski definition) is 2. The SMILES string of the molecule is CC1CCCC(NC(=O)c2ccc(Cl)cc2Br)(C(=O)O)C1. The third kappa shape index (κ3) is 3.58. The van der Waals surface area contributed by atoms with Gasteiger partial charge in [0.05, 0.1) is 5.56 Å². The van der Waals surface area contributed by atoms with Crippen molar-refractivity contribution >= 4 is 39.4 Å². The highest BCUT2D eigenvalue weighted by Gasteiger charge is 2.43. The fourth-order valence-corrected chi connectivity index (χ4v) is 3.73. The quantitative estimate of drug-likeness (QED) is 0.844. The number of benzene rings is 1. The van der Waals surface area contributed by atoms with Gasteiger partial charge in [-0.1, -0.05) is 31.4 Å². The molecule has 1 amide bonds. The van der Waals surface area contributed by atoms with Gasteiger partial charge >= 0.3 is 5.97 Å². The molecule has 1 aliphatic rings. The second-order valence-corrected chi connectivity index (χ2v) is 6.96. The number of rotatable bonds is 3. The third-order valence-corrected chi connectivity index (χ3v) is 4.83. The van der Waals surface area contributed by atoms with Gasteiger partial charge in [-0.2, -0.15) is 0 Å². The van der Waals surface area contributed by atoms with Crippen molar-refractivity contribution in [3.05, 3.63) is 33.3 Å². The lowest BCUT2D eigenvalue weighted by Gasteiger charge is -2.37. The average Bonchev–Trinajstić information content (AvgIpc) is 2.38. The molecular formula is C15H17BrClNO3. The van der Waals surface area contributed by atoms with E-state index in [2.05, 4.69) is 21.2 Å². The Hall–Kier alpha value is -1.07. The average molecular weight is 375 g/mol. The van der Waals surface area contributed by atoms with E-state index in [1.165, 1.54) is 0 Å². The maximum atomic E-state index is 12.4. The molecule has 6 heteroatoms. The third-order valence-electron chi connectivity index (χ3n) is 3.94. The summed E-state index contributed by atoms with van der Waals surface area (Å²) in [7, 11) is 0. The molecule has 0 bridgehead atoms. The van der Waals surface area contributed by atoms with E-state index in [1.54, 1.807) is 18.2 Å². The van der Waals surface area contributed by atoms with Crippen molar-refractivity contribution in [1.82, 2.24) is 5.32 Å². The van der Waals surface area contributed by atoms with E-state index in [0.717, 1.165) is 12.8 Å². The Morgan fingerprint density at radius 3 is 2.76 bits per heavy atom. The van der Waals surface area contributed by atoms with Crippen molar-refractivity contribution < 1.29 is 14.7 Å². The van der Waals surface area contributed by atoms with Crippen molar-refractivity contribution in [1.29, 1.82) is 0 Å². The van der Waals surface area contributed by atoms with Crippen LogP contribution in [0.15, 0.2) is 22.7 Å². The second-order valence-electron chi connectivity index (χ2n) is 5.67. The van der Waals surface area contributed by atoms with E-state index in [-0.39, 0.29) is 5.92 Å². The van der Waals surface area contributed by atoms with Crippen LogP contribution in [0.5, 0.6) is 0 Å². The number of carbonyl (C=O) groups excluding carboxylic acids is 1. The largest absolute Gasteiger partial charge is 0.480 e. The number of nitrogens with one attached hydrogen (secondary N) is 1. The fraction of sp³-hybridized carbons (Fsp3) is 0.467. The molecule has 0 spiro atoms. The summed E-state index contributed by atoms with van der Waals surface area (Å²) in [5, 5.41) is 12.8. The summed E-state index contributed by atoms with van der Waals surface area (Å²) in [6.45, 7) is 2.02. The summed E-state index contributed by atoms with van der Waals surface area (Å²) in [6.07, 6.45) is 2.72. The number of carboxylic acid groups (broad SMARTS) is 1. The van der Waals surface area contributed by atoms with Crippen LogP contribution in [-0.2, 0) is 4.79 Å². The van der Waals surface area contributed by atoms with Crippen molar-refractivity contribution in [2.45, 2.75) is 38.1 Å². The number of halogens is 2. The fourth-order valence-electron chi connectivity index (χ4n) is 2.87. The van der Waals surface area contributed by atoms with Gasteiger partial charge in [-0.25, -0.2) is 4.79 Å². The van der Waals surface area contributed by atoms with E-state index in [9.17, 15) is 14.7 Å². The first-order valence-corrected chi connectivity index (χ1v) is 8.02. The van der Waals surface area contributed by atoms with Gasteiger partial charge in [0.2, 0.25) is 0 Å². The standard InChI is InChI=1S/C15H17BrClNO3/c1-9-3-2-6-15(8-9,14(20)21)18-13(19)11-5-4-10(17)7-12(11)16/h4-5,7,9H,2-3,6,8H2,1H3,(H,18,19)(H,20,21). The molecule has 1 aliphatic carbocycles. The van der Waals surface area contributed by atoms with Crippen molar-refractivity contribution in [3.63, 3.8) is 0 Å². The molecule has 0 saturated heterocycles. The molecule has 1 aromatic carbocycles. The van der Waals surface area contributed by atoms with E-state index in [4.69, 9.17) is 11.6 Å². The van der Waals surface area contributed by atoms with Crippen LogP contribution in [0.3, 0.4) is 0 Å². The molecule has 2 N–H and O–H groups in total. The Kier molecular flexibility index (Phi) is 4.94. The first-order chi connectivity index (χ1) is 9.84. The zero-order chi connectivity index (χ0) is 15.6. The Balaban J connectivity index is 2.24. The van der Waals surface area contributed by atoms with Crippen molar-refractivity contribution in [2.24, 2.45) is 5.92 Å². The van der Waals surface area contributed by atoms with Crippen LogP contribution in [0.25, 0.3) is 0 Å². The first-order valence-electron chi connectivity index (χ1n) is 6.85. The minimum atomic E-state index is -1.17. The van der Waals surface area contributed by atoms with E-state index < -0.39 is 17.4 Å². The first kappa shape index (κ1) is 16.3. The van der Waals surface area contributed by atoms with Crippen LogP contribution in [0.4, 0.5) is 0 Å². The Bertz CT molecular complexity index is 578. The van der Waals surface area contributed by atoms with Gasteiger partial charge in [0.15, 0.2) is 0 Å². The molecule has 2 rings (SSSR count). The minimum absolute atomic E-state index is 0.281. The lowest BCUT2D eigenvalue weighted by atomic mass is 9.76. The minimum Gasteiger partial charge on any atom is -0.480 e. The maximum absolute atomic E-state index is 12.4. The van der Waals surface area contributed by atoms with Crippen molar-refractivity contribution in [3.8, 4) is 0 Å². The van der Waals surface area contributed by atoms with Crippen LogP contribution in [-0.4, -0.2) is 22.5 Å². The summed E-state index contributed by atoms with van der Waals surface area (Å²) in [6, 6.07) is 4.81. The summed E-state index contributed by atoms with van der Waals surface area (Å²) < 4.78 is 0.553. The molecule has 21 heavy (non-hydrogen) atoms. The number of carbonyl (C=O) groups is 2. The molecule has 0 radical (unpaired) electrons. The Labute approximate surface area is 137 Å². The van der Waals surface area contributed by atoms with Crippen molar-refractivity contribution in [2.75, 3.05) is 0 Å². The van der Waals surface area contributed by atoms with Gasteiger partial charge in [-0.15, -0.1) is 0 Å². The number of aliphatic carboxylic acids is 1. The number of carboxylic acids is 1. The summed E-state index contributed by atoms with van der Waals surface area (Å²) in [4.78, 5) is 24.1. The summed E-state index contributed by atoms with van der Waals surface area (Å²) in [5.74, 6) is -1.08. The zero-order valence-corrected chi connectivity index (χ0v) is 14.0. The molecule has 0 aliphatic heterocycles. The number of hydrogen-bond acceptors (Lipinski definition) is 2. The van der Waals surface area contributed by atoms with Crippen LogP contribution >= 0.6 is 27.5 Å². The van der Waals surface area contributed by atoms with Gasteiger partial charge in [-0.05, 0) is 52.9 Å². The predicted octanol–water partition coefficient (Wildman–Crippen LogP) is 3.87. The second kappa shape index (κ2) is 6.36. The Morgan fingerprint density at radius 1 is 1.48 bits per heavy atom. The summed E-state index contributed by atoms with van der Waals surface area (Å²) in [5.41, 5.74) is -0.786. The molecular weight excluding hydrogens is 358 g/mol. The van der Waals surface area contributed by atoms with E-state index in [0.29, 0.717) is 27.9 Å². The molecule has 2 unspecified atom stereocenters.